The summed E-state index contributed by atoms with van der Waals surface area (Å²) in [6.07, 6.45) is 4.27. The van der Waals surface area contributed by atoms with Gasteiger partial charge in [0, 0.05) is 18.3 Å². The van der Waals surface area contributed by atoms with Crippen molar-refractivity contribution < 1.29 is 14.4 Å². The minimum absolute atomic E-state index is 0.207. The summed E-state index contributed by atoms with van der Waals surface area (Å²) in [6, 6.07) is 5.86. The second-order valence-corrected chi connectivity index (χ2v) is 7.95. The molecule has 3 aromatic heterocycles. The Kier molecular flexibility index (Phi) is 5.60. The molecule has 32 heavy (non-hydrogen) atoms. The zero-order valence-electron chi connectivity index (χ0n) is 17.1. The Bertz CT molecular complexity index is 1350. The number of benzene rings is 1. The first-order valence-corrected chi connectivity index (χ1v) is 10.3. The molecule has 0 aliphatic rings. The van der Waals surface area contributed by atoms with Gasteiger partial charge in [-0.3, -0.25) is 19.1 Å². The van der Waals surface area contributed by atoms with Crippen LogP contribution in [0.3, 0.4) is 0 Å². The average Bonchev–Trinajstić information content (AvgIpc) is 3.41. The number of rotatable bonds is 6. The van der Waals surface area contributed by atoms with Crippen LogP contribution in [0.4, 0.5) is 5.69 Å². The molecule has 3 heterocycles. The van der Waals surface area contributed by atoms with Crippen LogP contribution in [0.2, 0.25) is 0 Å². The van der Waals surface area contributed by atoms with Crippen LogP contribution in [0.25, 0.3) is 11.0 Å². The fourth-order valence-electron chi connectivity index (χ4n) is 3.01. The summed E-state index contributed by atoms with van der Waals surface area (Å²) in [6.45, 7) is 1.76. The van der Waals surface area contributed by atoms with Gasteiger partial charge in [-0.2, -0.15) is 5.10 Å². The maximum absolute atomic E-state index is 12.7. The quantitative estimate of drug-likeness (QED) is 0.403. The van der Waals surface area contributed by atoms with Gasteiger partial charge in [-0.1, -0.05) is 6.07 Å². The van der Waals surface area contributed by atoms with Gasteiger partial charge in [0.05, 0.1) is 23.8 Å². The van der Waals surface area contributed by atoms with Gasteiger partial charge >= 0.3 is 0 Å². The second kappa shape index (κ2) is 8.51. The Hall–Kier alpha value is -4.19. The number of primary amides is 1. The van der Waals surface area contributed by atoms with E-state index in [4.69, 9.17) is 5.73 Å². The number of hydrogen-bond acceptors (Lipinski definition) is 8. The molecule has 162 valence electrons. The molecule has 0 spiro atoms. The van der Waals surface area contributed by atoms with Gasteiger partial charge in [0.2, 0.25) is 5.91 Å². The number of carbonyl (C=O) groups excluding carboxylic acids is 3. The largest absolute Gasteiger partial charge is 0.366 e. The number of aryl methyl sites for hydroxylation is 1. The standard InChI is InChI=1S/C20H18N8O3S/c1-10(26-19(31)15-13-7-25-28(2)17(13)24-9-23-15)20-22-8-14(32-20)18(30)27-12-5-3-4-11(6-12)16(21)29/h3-10H,1-2H3,(H2,21,29)(H,26,31)(H,27,30). The fourth-order valence-corrected chi connectivity index (χ4v) is 3.82. The first kappa shape index (κ1) is 21.1. The van der Waals surface area contributed by atoms with Crippen LogP contribution >= 0.6 is 11.3 Å². The van der Waals surface area contributed by atoms with Crippen molar-refractivity contribution in [2.45, 2.75) is 13.0 Å². The number of thiazole rings is 1. The van der Waals surface area contributed by atoms with Crippen molar-refractivity contribution >= 4 is 45.8 Å². The van der Waals surface area contributed by atoms with Crippen LogP contribution in [0.1, 0.15) is 48.5 Å². The van der Waals surface area contributed by atoms with Gasteiger partial charge in [-0.05, 0) is 25.1 Å². The molecule has 11 nitrogen and oxygen atoms in total. The van der Waals surface area contributed by atoms with Crippen molar-refractivity contribution in [1.29, 1.82) is 0 Å². The van der Waals surface area contributed by atoms with Crippen LogP contribution in [-0.4, -0.2) is 42.5 Å². The highest BCUT2D eigenvalue weighted by atomic mass is 32.1. The highest BCUT2D eigenvalue weighted by Crippen LogP contribution is 2.22. The summed E-state index contributed by atoms with van der Waals surface area (Å²) in [4.78, 5) is 49.4. The van der Waals surface area contributed by atoms with Crippen molar-refractivity contribution in [3.05, 3.63) is 64.1 Å². The number of hydrogen-bond donors (Lipinski definition) is 3. The second-order valence-electron chi connectivity index (χ2n) is 6.88. The van der Waals surface area contributed by atoms with Gasteiger partial charge in [0.25, 0.3) is 11.8 Å². The smallest absolute Gasteiger partial charge is 0.271 e. The zero-order chi connectivity index (χ0) is 22.8. The maximum Gasteiger partial charge on any atom is 0.271 e. The van der Waals surface area contributed by atoms with Crippen molar-refractivity contribution in [3.8, 4) is 0 Å². The topological polar surface area (TPSA) is 158 Å². The summed E-state index contributed by atoms with van der Waals surface area (Å²) < 4.78 is 1.56. The molecular weight excluding hydrogens is 432 g/mol. The van der Waals surface area contributed by atoms with Gasteiger partial charge in [-0.25, -0.2) is 15.0 Å². The normalized spacial score (nSPS) is 11.8. The molecule has 0 aliphatic carbocycles. The predicted octanol–water partition coefficient (Wildman–Crippen LogP) is 1.66. The summed E-state index contributed by atoms with van der Waals surface area (Å²) in [5.74, 6) is -1.37. The Morgan fingerprint density at radius 1 is 1.12 bits per heavy atom. The molecule has 0 aliphatic heterocycles. The third-order valence-electron chi connectivity index (χ3n) is 4.61. The minimum Gasteiger partial charge on any atom is -0.366 e. The lowest BCUT2D eigenvalue weighted by Gasteiger charge is -2.11. The number of carbonyl (C=O) groups is 3. The lowest BCUT2D eigenvalue weighted by atomic mass is 10.2. The van der Waals surface area contributed by atoms with Gasteiger partial charge in [0.1, 0.15) is 21.9 Å². The number of nitrogens with two attached hydrogens (primary N) is 1. The molecule has 4 rings (SSSR count). The molecule has 12 heteroatoms. The number of anilines is 1. The first-order chi connectivity index (χ1) is 15.3. The highest BCUT2D eigenvalue weighted by molar-refractivity contribution is 7.13. The molecule has 0 radical (unpaired) electrons. The van der Waals surface area contributed by atoms with Crippen LogP contribution in [0, 0.1) is 0 Å². The summed E-state index contributed by atoms with van der Waals surface area (Å²) in [5.41, 5.74) is 6.75. The minimum atomic E-state index is -0.585. The van der Waals surface area contributed by atoms with E-state index in [1.165, 1.54) is 24.8 Å². The third-order valence-corrected chi connectivity index (χ3v) is 5.79. The first-order valence-electron chi connectivity index (χ1n) is 9.44. The number of nitrogens with zero attached hydrogens (tertiary/aromatic N) is 5. The monoisotopic (exact) mass is 450 g/mol. The average molecular weight is 450 g/mol. The lowest BCUT2D eigenvalue weighted by molar-refractivity contribution is 0.0935. The molecule has 3 amide bonds. The van der Waals surface area contributed by atoms with Crippen molar-refractivity contribution in [2.24, 2.45) is 12.8 Å². The Morgan fingerprint density at radius 2 is 1.94 bits per heavy atom. The lowest BCUT2D eigenvalue weighted by Crippen LogP contribution is -2.27. The van der Waals surface area contributed by atoms with E-state index >= 15 is 0 Å². The summed E-state index contributed by atoms with van der Waals surface area (Å²) in [5, 5.41) is 10.7. The van der Waals surface area contributed by atoms with Crippen molar-refractivity contribution in [3.63, 3.8) is 0 Å². The molecule has 0 saturated carbocycles. The Morgan fingerprint density at radius 3 is 2.72 bits per heavy atom. The molecular formula is C20H18N8O3S. The van der Waals surface area contributed by atoms with E-state index in [9.17, 15) is 14.4 Å². The Balaban J connectivity index is 1.45. The SMILES string of the molecule is CC(NC(=O)c1ncnc2c1cnn2C)c1ncc(C(=O)Nc2cccc(C(N)=O)c2)s1. The van der Waals surface area contributed by atoms with Crippen LogP contribution in [0.15, 0.2) is 43.0 Å². The van der Waals surface area contributed by atoms with Crippen LogP contribution in [0.5, 0.6) is 0 Å². The summed E-state index contributed by atoms with van der Waals surface area (Å²) >= 11 is 1.15. The molecule has 4 aromatic rings. The third kappa shape index (κ3) is 4.16. The molecule has 1 unspecified atom stereocenters. The van der Waals surface area contributed by atoms with E-state index in [1.807, 2.05) is 0 Å². The molecule has 0 saturated heterocycles. The molecule has 0 bridgehead atoms. The zero-order valence-corrected chi connectivity index (χ0v) is 17.9. The molecule has 0 fully saturated rings. The van der Waals surface area contributed by atoms with E-state index in [1.54, 1.807) is 36.9 Å². The molecule has 1 aromatic carbocycles. The fraction of sp³-hybridized carbons (Fsp3) is 0.150. The number of fused-ring (bicyclic) bond motifs is 1. The van der Waals surface area contributed by atoms with Gasteiger partial charge in [-0.15, -0.1) is 11.3 Å². The summed E-state index contributed by atoms with van der Waals surface area (Å²) in [7, 11) is 1.73. The van der Waals surface area contributed by atoms with Crippen LogP contribution in [-0.2, 0) is 7.05 Å². The van der Waals surface area contributed by atoms with E-state index in [0.717, 1.165) is 11.3 Å². The molecule has 4 N–H and O–H groups in total. The van der Waals surface area contributed by atoms with Gasteiger partial charge in [0.15, 0.2) is 5.65 Å². The predicted molar refractivity (Wildman–Crippen MR) is 117 cm³/mol. The molecule has 1 atom stereocenters. The van der Waals surface area contributed by atoms with Crippen molar-refractivity contribution in [2.75, 3.05) is 5.32 Å². The van der Waals surface area contributed by atoms with Crippen molar-refractivity contribution in [1.82, 2.24) is 30.0 Å². The van der Waals surface area contributed by atoms with Gasteiger partial charge < -0.3 is 16.4 Å². The Labute approximate surface area is 185 Å². The van der Waals surface area contributed by atoms with Crippen LogP contribution < -0.4 is 16.4 Å². The van der Waals surface area contributed by atoms with E-state index in [-0.39, 0.29) is 17.2 Å². The number of nitrogens with one attached hydrogen (secondary N) is 2. The van der Waals surface area contributed by atoms with E-state index in [0.29, 0.717) is 26.6 Å². The number of aromatic nitrogens is 5. The maximum atomic E-state index is 12.7. The highest BCUT2D eigenvalue weighted by Gasteiger charge is 2.20. The van der Waals surface area contributed by atoms with E-state index in [2.05, 4.69) is 30.7 Å². The number of amides is 3. The van der Waals surface area contributed by atoms with E-state index < -0.39 is 17.9 Å².